The number of likely N-dealkylation sites (N-methyl/N-ethyl adjacent to an activating group) is 1. The van der Waals surface area contributed by atoms with Crippen LogP contribution in [0.2, 0.25) is 0 Å². The Bertz CT molecular complexity index is 301. The quantitative estimate of drug-likeness (QED) is 0.777. The molecular formula is C15H27NO2. The predicted molar refractivity (Wildman–Crippen MR) is 71.6 cm³/mol. The highest BCUT2D eigenvalue weighted by atomic mass is 16.5. The molecular weight excluding hydrogens is 226 g/mol. The fraction of sp³-hybridized carbons (Fsp3) is 1.00. The normalized spacial score (nSPS) is 41.3. The maximum absolute atomic E-state index is 11.0. The molecule has 0 aromatic carbocycles. The number of ether oxygens (including phenoxy) is 1. The van der Waals surface area contributed by atoms with E-state index in [4.69, 9.17) is 4.74 Å². The Kier molecular flexibility index (Phi) is 3.41. The van der Waals surface area contributed by atoms with Crippen LogP contribution in [0.3, 0.4) is 0 Å². The third-order valence-corrected chi connectivity index (χ3v) is 5.46. The third-order valence-electron chi connectivity index (χ3n) is 5.46. The average molecular weight is 253 g/mol. The lowest BCUT2D eigenvalue weighted by molar-refractivity contribution is -0.154. The summed E-state index contributed by atoms with van der Waals surface area (Å²) in [5.41, 5.74) is -0.318. The van der Waals surface area contributed by atoms with Crippen molar-refractivity contribution in [2.45, 2.75) is 62.6 Å². The van der Waals surface area contributed by atoms with Gasteiger partial charge in [0.05, 0.1) is 11.2 Å². The summed E-state index contributed by atoms with van der Waals surface area (Å²) in [4.78, 5) is 2.29. The first-order chi connectivity index (χ1) is 8.62. The number of aliphatic hydroxyl groups is 1. The van der Waals surface area contributed by atoms with Crippen LogP contribution in [0.25, 0.3) is 0 Å². The average Bonchev–Trinajstić information content (AvgIpc) is 2.77. The van der Waals surface area contributed by atoms with E-state index in [1.807, 2.05) is 0 Å². The van der Waals surface area contributed by atoms with Crippen molar-refractivity contribution >= 4 is 0 Å². The Labute approximate surface area is 110 Å². The molecule has 104 valence electrons. The van der Waals surface area contributed by atoms with Gasteiger partial charge in [0.2, 0.25) is 0 Å². The molecule has 3 aliphatic rings. The van der Waals surface area contributed by atoms with E-state index in [2.05, 4.69) is 11.9 Å². The lowest BCUT2D eigenvalue weighted by Crippen LogP contribution is -2.55. The van der Waals surface area contributed by atoms with Crippen LogP contribution >= 0.6 is 0 Å². The molecule has 1 N–H and O–H groups in total. The number of hydrogen-bond donors (Lipinski definition) is 1. The van der Waals surface area contributed by atoms with Gasteiger partial charge in [0.25, 0.3) is 0 Å². The third kappa shape index (κ3) is 2.33. The molecule has 1 saturated carbocycles. The van der Waals surface area contributed by atoms with Crippen molar-refractivity contribution < 1.29 is 9.84 Å². The Balaban J connectivity index is 1.71. The van der Waals surface area contributed by atoms with Gasteiger partial charge in [0.1, 0.15) is 0 Å². The summed E-state index contributed by atoms with van der Waals surface area (Å²) in [7, 11) is 2.13. The van der Waals surface area contributed by atoms with Gasteiger partial charge in [-0.2, -0.15) is 0 Å². The monoisotopic (exact) mass is 253 g/mol. The minimum atomic E-state index is -0.452. The van der Waals surface area contributed by atoms with Crippen LogP contribution < -0.4 is 0 Å². The van der Waals surface area contributed by atoms with E-state index >= 15 is 0 Å². The summed E-state index contributed by atoms with van der Waals surface area (Å²) in [6.07, 6.45) is 9.32. The van der Waals surface area contributed by atoms with Gasteiger partial charge in [-0.15, -0.1) is 0 Å². The van der Waals surface area contributed by atoms with Crippen LogP contribution in [0.15, 0.2) is 0 Å². The van der Waals surface area contributed by atoms with Gasteiger partial charge in [-0.3, -0.25) is 0 Å². The highest BCUT2D eigenvalue weighted by molar-refractivity contribution is 4.99. The van der Waals surface area contributed by atoms with E-state index in [9.17, 15) is 5.11 Å². The van der Waals surface area contributed by atoms with Crippen LogP contribution in [0.5, 0.6) is 0 Å². The summed E-state index contributed by atoms with van der Waals surface area (Å²) in [6, 6.07) is 0. The Morgan fingerprint density at radius 2 is 1.94 bits per heavy atom. The van der Waals surface area contributed by atoms with E-state index in [-0.39, 0.29) is 5.60 Å². The smallest absolute Gasteiger partial charge is 0.0804 e. The summed E-state index contributed by atoms with van der Waals surface area (Å²) in [5.74, 6) is 0.451. The number of piperidine rings is 1. The number of hydrogen-bond acceptors (Lipinski definition) is 3. The molecule has 18 heavy (non-hydrogen) atoms. The number of likely N-dealkylation sites (tertiary alicyclic amines) is 1. The fourth-order valence-electron chi connectivity index (χ4n) is 4.47. The molecule has 0 aromatic heterocycles. The first-order valence-electron chi connectivity index (χ1n) is 7.67. The first-order valence-corrected chi connectivity index (χ1v) is 7.67. The van der Waals surface area contributed by atoms with Crippen molar-refractivity contribution in [1.82, 2.24) is 4.90 Å². The SMILES string of the molecule is CN1CCCC(O)(C2CCOC3(CCCC3)C2)C1. The zero-order chi connectivity index (χ0) is 12.6. The van der Waals surface area contributed by atoms with Gasteiger partial charge in [-0.25, -0.2) is 0 Å². The summed E-state index contributed by atoms with van der Waals surface area (Å²) < 4.78 is 6.09. The Morgan fingerprint density at radius 1 is 1.17 bits per heavy atom. The topological polar surface area (TPSA) is 32.7 Å². The first kappa shape index (κ1) is 12.9. The second-order valence-corrected chi connectivity index (χ2v) is 6.87. The van der Waals surface area contributed by atoms with E-state index in [0.29, 0.717) is 5.92 Å². The van der Waals surface area contributed by atoms with Gasteiger partial charge in [-0.05, 0) is 58.0 Å². The van der Waals surface area contributed by atoms with Crippen LogP contribution in [-0.4, -0.2) is 48.0 Å². The van der Waals surface area contributed by atoms with E-state index in [1.165, 1.54) is 25.7 Å². The van der Waals surface area contributed by atoms with Crippen LogP contribution in [0.1, 0.15) is 51.4 Å². The molecule has 1 aliphatic carbocycles. The largest absolute Gasteiger partial charge is 0.388 e. The van der Waals surface area contributed by atoms with Crippen molar-refractivity contribution in [3.63, 3.8) is 0 Å². The zero-order valence-electron chi connectivity index (χ0n) is 11.7. The van der Waals surface area contributed by atoms with Crippen LogP contribution in [0, 0.1) is 5.92 Å². The van der Waals surface area contributed by atoms with E-state index < -0.39 is 5.60 Å². The molecule has 0 bridgehead atoms. The Morgan fingerprint density at radius 3 is 2.67 bits per heavy atom. The fourth-order valence-corrected chi connectivity index (χ4v) is 4.47. The minimum absolute atomic E-state index is 0.134. The summed E-state index contributed by atoms with van der Waals surface area (Å²) in [6.45, 7) is 2.85. The molecule has 0 aromatic rings. The lowest BCUT2D eigenvalue weighted by atomic mass is 9.72. The maximum atomic E-state index is 11.0. The van der Waals surface area contributed by atoms with Gasteiger partial charge in [0.15, 0.2) is 0 Å². The van der Waals surface area contributed by atoms with Crippen LogP contribution in [0.4, 0.5) is 0 Å². The molecule has 2 heterocycles. The van der Waals surface area contributed by atoms with Crippen molar-refractivity contribution in [3.8, 4) is 0 Å². The highest BCUT2D eigenvalue weighted by Gasteiger charge is 2.47. The summed E-state index contributed by atoms with van der Waals surface area (Å²) >= 11 is 0. The Hall–Kier alpha value is -0.120. The predicted octanol–water partition coefficient (Wildman–Crippen LogP) is 2.18. The molecule has 0 amide bonds. The van der Waals surface area contributed by atoms with Crippen molar-refractivity contribution in [2.75, 3.05) is 26.7 Å². The molecule has 3 rings (SSSR count). The number of rotatable bonds is 1. The molecule has 3 nitrogen and oxygen atoms in total. The van der Waals surface area contributed by atoms with Gasteiger partial charge < -0.3 is 14.7 Å². The number of nitrogens with zero attached hydrogens (tertiary/aromatic N) is 1. The van der Waals surface area contributed by atoms with Crippen LogP contribution in [-0.2, 0) is 4.74 Å². The molecule has 2 saturated heterocycles. The van der Waals surface area contributed by atoms with Gasteiger partial charge >= 0.3 is 0 Å². The van der Waals surface area contributed by atoms with Crippen molar-refractivity contribution in [1.29, 1.82) is 0 Å². The van der Waals surface area contributed by atoms with Crippen molar-refractivity contribution in [2.24, 2.45) is 5.92 Å². The van der Waals surface area contributed by atoms with E-state index in [0.717, 1.165) is 45.4 Å². The lowest BCUT2D eigenvalue weighted by Gasteiger charge is -2.48. The molecule has 2 aliphatic heterocycles. The second-order valence-electron chi connectivity index (χ2n) is 6.87. The molecule has 3 fully saturated rings. The maximum Gasteiger partial charge on any atom is 0.0804 e. The zero-order valence-corrected chi connectivity index (χ0v) is 11.7. The standard InChI is InChI=1S/C15H27NO2/c1-16-9-4-8-15(17,12-16)13-5-10-18-14(11-13)6-2-3-7-14/h13,17H,2-12H2,1H3. The second kappa shape index (κ2) is 4.77. The highest BCUT2D eigenvalue weighted by Crippen LogP contribution is 2.46. The van der Waals surface area contributed by atoms with Crippen molar-refractivity contribution in [3.05, 3.63) is 0 Å². The summed E-state index contributed by atoms with van der Waals surface area (Å²) in [5, 5.41) is 11.0. The molecule has 2 unspecified atom stereocenters. The van der Waals surface area contributed by atoms with E-state index in [1.54, 1.807) is 0 Å². The molecule has 2 atom stereocenters. The van der Waals surface area contributed by atoms with Gasteiger partial charge in [0, 0.05) is 13.2 Å². The van der Waals surface area contributed by atoms with Gasteiger partial charge in [-0.1, -0.05) is 12.8 Å². The molecule has 0 radical (unpaired) electrons. The number of β-amino-alcohol motifs (C(OH)–C–C–N with tert-alkyl or cyclic N) is 1. The molecule has 1 spiro atoms. The molecule has 3 heteroatoms. The minimum Gasteiger partial charge on any atom is -0.388 e.